The lowest BCUT2D eigenvalue weighted by molar-refractivity contribution is 0.141. The number of sulfonamides is 1. The highest BCUT2D eigenvalue weighted by molar-refractivity contribution is 9.10. The maximum atomic E-state index is 13.6. The molecule has 1 N–H and O–H groups in total. The van der Waals surface area contributed by atoms with Crippen LogP contribution in [0.4, 0.5) is 8.78 Å². The van der Waals surface area contributed by atoms with E-state index in [9.17, 15) is 17.2 Å². The van der Waals surface area contributed by atoms with Gasteiger partial charge in [0, 0.05) is 17.6 Å². The standard InChI is InChI=1S/C11H14BrF2NO3S/c1-11(2,6-18-3)15-19(16,17)10-8(12)4-7(13)5-9(10)14/h4-5,15H,6H2,1-3H3. The zero-order valence-electron chi connectivity index (χ0n) is 10.6. The van der Waals surface area contributed by atoms with Gasteiger partial charge in [-0.1, -0.05) is 0 Å². The molecular formula is C11H14BrF2NO3S. The van der Waals surface area contributed by atoms with Crippen LogP contribution in [-0.4, -0.2) is 27.7 Å². The molecule has 1 aromatic carbocycles. The van der Waals surface area contributed by atoms with Crippen LogP contribution in [0.25, 0.3) is 0 Å². The molecule has 1 rings (SSSR count). The SMILES string of the molecule is COCC(C)(C)NS(=O)(=O)c1c(F)cc(F)cc1Br. The van der Waals surface area contributed by atoms with Gasteiger partial charge in [-0.3, -0.25) is 0 Å². The van der Waals surface area contributed by atoms with Gasteiger partial charge in [-0.15, -0.1) is 0 Å². The predicted octanol–water partition coefficient (Wildman–Crippen LogP) is 2.43. The molecule has 0 atom stereocenters. The highest BCUT2D eigenvalue weighted by Gasteiger charge is 2.30. The van der Waals surface area contributed by atoms with Crippen LogP contribution < -0.4 is 4.72 Å². The van der Waals surface area contributed by atoms with Crippen LogP contribution in [-0.2, 0) is 14.8 Å². The normalized spacial score (nSPS) is 12.7. The molecule has 4 nitrogen and oxygen atoms in total. The van der Waals surface area contributed by atoms with E-state index in [0.717, 1.165) is 6.07 Å². The summed E-state index contributed by atoms with van der Waals surface area (Å²) in [5.74, 6) is -2.02. The molecule has 0 spiro atoms. The zero-order chi connectivity index (χ0) is 14.8. The van der Waals surface area contributed by atoms with Gasteiger partial charge in [0.15, 0.2) is 0 Å². The van der Waals surface area contributed by atoms with Gasteiger partial charge in [0.2, 0.25) is 10.0 Å². The molecule has 0 radical (unpaired) electrons. The van der Waals surface area contributed by atoms with E-state index in [1.807, 2.05) is 0 Å². The molecule has 0 aliphatic rings. The van der Waals surface area contributed by atoms with Crippen LogP contribution in [0.2, 0.25) is 0 Å². The Morgan fingerprint density at radius 1 is 1.37 bits per heavy atom. The van der Waals surface area contributed by atoms with Crippen molar-refractivity contribution in [3.63, 3.8) is 0 Å². The summed E-state index contributed by atoms with van der Waals surface area (Å²) in [6, 6.07) is 1.41. The third-order valence-electron chi connectivity index (χ3n) is 2.15. The summed E-state index contributed by atoms with van der Waals surface area (Å²) < 4.78 is 57.8. The largest absolute Gasteiger partial charge is 0.383 e. The highest BCUT2D eigenvalue weighted by Crippen LogP contribution is 2.27. The molecule has 0 aliphatic carbocycles. The van der Waals surface area contributed by atoms with E-state index in [1.54, 1.807) is 13.8 Å². The van der Waals surface area contributed by atoms with E-state index in [-0.39, 0.29) is 11.1 Å². The van der Waals surface area contributed by atoms with Crippen LogP contribution >= 0.6 is 15.9 Å². The van der Waals surface area contributed by atoms with Gasteiger partial charge in [-0.25, -0.2) is 21.9 Å². The molecule has 0 aromatic heterocycles. The fourth-order valence-electron chi connectivity index (χ4n) is 1.59. The van der Waals surface area contributed by atoms with Crippen molar-refractivity contribution in [2.45, 2.75) is 24.3 Å². The van der Waals surface area contributed by atoms with E-state index in [4.69, 9.17) is 4.74 Å². The van der Waals surface area contributed by atoms with Crippen molar-refractivity contribution < 1.29 is 21.9 Å². The number of rotatable bonds is 5. The van der Waals surface area contributed by atoms with Crippen LogP contribution in [0, 0.1) is 11.6 Å². The molecule has 0 unspecified atom stereocenters. The molecule has 19 heavy (non-hydrogen) atoms. The first-order valence-electron chi connectivity index (χ1n) is 5.26. The Kier molecular flexibility index (Phi) is 5.05. The number of benzene rings is 1. The number of nitrogens with one attached hydrogen (secondary N) is 1. The molecule has 0 heterocycles. The second-order valence-electron chi connectivity index (χ2n) is 4.62. The van der Waals surface area contributed by atoms with Crippen molar-refractivity contribution in [1.29, 1.82) is 0 Å². The second kappa shape index (κ2) is 5.82. The van der Waals surface area contributed by atoms with E-state index >= 15 is 0 Å². The summed E-state index contributed by atoms with van der Waals surface area (Å²) in [7, 11) is -2.72. The lowest BCUT2D eigenvalue weighted by Gasteiger charge is -2.25. The minimum Gasteiger partial charge on any atom is -0.383 e. The quantitative estimate of drug-likeness (QED) is 0.880. The van der Waals surface area contributed by atoms with Crippen molar-refractivity contribution in [2.75, 3.05) is 13.7 Å². The van der Waals surface area contributed by atoms with E-state index in [2.05, 4.69) is 20.7 Å². The van der Waals surface area contributed by atoms with Gasteiger partial charge in [-0.2, -0.15) is 0 Å². The maximum Gasteiger partial charge on any atom is 0.245 e. The summed E-state index contributed by atoms with van der Waals surface area (Å²) in [4.78, 5) is -0.627. The molecule has 0 amide bonds. The first-order chi connectivity index (χ1) is 8.59. The summed E-state index contributed by atoms with van der Waals surface area (Å²) >= 11 is 2.85. The topological polar surface area (TPSA) is 55.4 Å². The number of hydrogen-bond acceptors (Lipinski definition) is 3. The average Bonchev–Trinajstić information content (AvgIpc) is 2.11. The lowest BCUT2D eigenvalue weighted by atomic mass is 10.1. The van der Waals surface area contributed by atoms with Crippen LogP contribution in [0.3, 0.4) is 0 Å². The van der Waals surface area contributed by atoms with Crippen LogP contribution in [0.1, 0.15) is 13.8 Å². The number of halogens is 3. The molecule has 8 heteroatoms. The predicted molar refractivity (Wildman–Crippen MR) is 70.3 cm³/mol. The first kappa shape index (κ1) is 16.5. The van der Waals surface area contributed by atoms with Gasteiger partial charge in [-0.05, 0) is 35.8 Å². The monoisotopic (exact) mass is 357 g/mol. The maximum absolute atomic E-state index is 13.6. The number of hydrogen-bond donors (Lipinski definition) is 1. The molecule has 0 aliphatic heterocycles. The first-order valence-corrected chi connectivity index (χ1v) is 7.54. The van der Waals surface area contributed by atoms with E-state index < -0.39 is 32.1 Å². The van der Waals surface area contributed by atoms with Crippen molar-refractivity contribution in [3.05, 3.63) is 28.2 Å². The number of methoxy groups -OCH3 is 1. The summed E-state index contributed by atoms with van der Waals surface area (Å²) in [5, 5.41) is 0. The zero-order valence-corrected chi connectivity index (χ0v) is 13.0. The van der Waals surface area contributed by atoms with Gasteiger partial charge in [0.25, 0.3) is 0 Å². The number of ether oxygens (including phenoxy) is 1. The van der Waals surface area contributed by atoms with Crippen molar-refractivity contribution in [3.8, 4) is 0 Å². The minimum atomic E-state index is -4.14. The Labute approximate surface area is 119 Å². The molecule has 108 valence electrons. The molecule has 0 saturated carbocycles. The smallest absolute Gasteiger partial charge is 0.245 e. The fraction of sp³-hybridized carbons (Fsp3) is 0.455. The Morgan fingerprint density at radius 3 is 2.42 bits per heavy atom. The van der Waals surface area contributed by atoms with Gasteiger partial charge >= 0.3 is 0 Å². The lowest BCUT2D eigenvalue weighted by Crippen LogP contribution is -2.46. The van der Waals surface area contributed by atoms with Crippen LogP contribution in [0.5, 0.6) is 0 Å². The molecule has 0 fully saturated rings. The van der Waals surface area contributed by atoms with Crippen molar-refractivity contribution in [1.82, 2.24) is 4.72 Å². The Balaban J connectivity index is 3.22. The van der Waals surface area contributed by atoms with E-state index in [1.165, 1.54) is 7.11 Å². The molecular weight excluding hydrogens is 344 g/mol. The summed E-state index contributed by atoms with van der Waals surface area (Å²) in [6.45, 7) is 3.28. The van der Waals surface area contributed by atoms with Gasteiger partial charge < -0.3 is 4.74 Å². The Morgan fingerprint density at radius 2 is 1.95 bits per heavy atom. The molecule has 0 bridgehead atoms. The second-order valence-corrected chi connectivity index (χ2v) is 7.09. The minimum absolute atomic E-state index is 0.104. The summed E-state index contributed by atoms with van der Waals surface area (Å²) in [6.07, 6.45) is 0. The van der Waals surface area contributed by atoms with Gasteiger partial charge in [0.1, 0.15) is 16.5 Å². The third-order valence-corrected chi connectivity index (χ3v) is 4.81. The Bertz CT molecular complexity index is 552. The summed E-state index contributed by atoms with van der Waals surface area (Å²) in [5.41, 5.74) is -0.923. The van der Waals surface area contributed by atoms with Crippen LogP contribution in [0.15, 0.2) is 21.5 Å². The van der Waals surface area contributed by atoms with Crippen molar-refractivity contribution in [2.24, 2.45) is 0 Å². The molecule has 1 aromatic rings. The highest BCUT2D eigenvalue weighted by atomic mass is 79.9. The average molecular weight is 358 g/mol. The fourth-order valence-corrected chi connectivity index (χ4v) is 4.16. The Hall–Kier alpha value is -0.570. The van der Waals surface area contributed by atoms with E-state index in [0.29, 0.717) is 6.07 Å². The third kappa shape index (κ3) is 4.20. The van der Waals surface area contributed by atoms with Gasteiger partial charge in [0.05, 0.1) is 12.1 Å². The van der Waals surface area contributed by atoms with Crippen molar-refractivity contribution >= 4 is 26.0 Å². The molecule has 0 saturated heterocycles.